The Hall–Kier alpha value is -2.33. The largest absolute Gasteiger partial charge is 0.493 e. The van der Waals surface area contributed by atoms with Crippen LogP contribution in [0.1, 0.15) is 73.5 Å². The zero-order valence-electron chi connectivity index (χ0n) is 38.1. The van der Waals surface area contributed by atoms with Crippen LogP contribution in [-0.2, 0) is 12.9 Å². The molecule has 0 spiro atoms. The maximum absolute atomic E-state index is 14.2. The Morgan fingerprint density at radius 3 is 2.64 bits per heavy atom. The molecule has 2 aromatic carbocycles. The summed E-state index contributed by atoms with van der Waals surface area (Å²) >= 11 is 0. The van der Waals surface area contributed by atoms with Gasteiger partial charge in [0, 0.05) is 39.9 Å². The van der Waals surface area contributed by atoms with Crippen molar-refractivity contribution in [1.82, 2.24) is 4.90 Å². The number of fused-ring (bicyclic) bond motifs is 1. The summed E-state index contributed by atoms with van der Waals surface area (Å²) in [5.74, 6) is -14.5. The highest BCUT2D eigenvalue weighted by Gasteiger charge is 2.34. The summed E-state index contributed by atoms with van der Waals surface area (Å²) in [6.07, 6.45) is -18.0. The third-order valence-corrected chi connectivity index (χ3v) is 3.69. The predicted octanol–water partition coefficient (Wildman–Crippen LogP) is 4.36. The van der Waals surface area contributed by atoms with Gasteiger partial charge >= 0.3 is 0 Å². The van der Waals surface area contributed by atoms with Crippen molar-refractivity contribution in [3.05, 3.63) is 59.1 Å². The van der Waals surface area contributed by atoms with Gasteiger partial charge in [-0.05, 0) is 67.6 Å². The molecule has 1 aliphatic carbocycles. The number of likely N-dealkylation sites (tertiary alicyclic amines) is 1. The predicted molar refractivity (Wildman–Crippen MR) is 110 cm³/mol. The third kappa shape index (κ3) is 3.93. The normalized spacial score (nSPS) is 47.5. The molecule has 1 fully saturated rings. The summed E-state index contributed by atoms with van der Waals surface area (Å²) in [7, 11) is -7.14. The number of piperidine rings is 1. The van der Waals surface area contributed by atoms with Gasteiger partial charge in [0.15, 0.2) is 17.3 Å². The maximum atomic E-state index is 14.2. The second-order valence-corrected chi connectivity index (χ2v) is 5.48. The van der Waals surface area contributed by atoms with Gasteiger partial charge in [-0.1, -0.05) is 30.3 Å². The lowest BCUT2D eigenvalue weighted by Gasteiger charge is -2.32. The second-order valence-electron chi connectivity index (χ2n) is 5.48. The minimum Gasteiger partial charge on any atom is -0.493 e. The molecule has 1 atom stereocenters. The first-order chi connectivity index (χ1) is 22.9. The summed E-state index contributed by atoms with van der Waals surface area (Å²) in [6, 6.07) is 2.75. The van der Waals surface area contributed by atoms with Gasteiger partial charge in [-0.3, -0.25) is 9.69 Å². The Bertz CT molecular complexity index is 1760. The molecule has 0 bridgehead atoms. The molecule has 0 aromatic heterocycles. The molecule has 2 aromatic rings. The number of ketones is 1. The molecule has 148 valence electrons. The molecule has 0 radical (unpaired) electrons. The lowest BCUT2D eigenvalue weighted by molar-refractivity contribution is 0.0895. The van der Waals surface area contributed by atoms with Crippen molar-refractivity contribution in [1.29, 1.82) is 0 Å². The van der Waals surface area contributed by atoms with E-state index in [0.29, 0.717) is 0 Å². The maximum Gasteiger partial charge on any atom is 0.166 e. The van der Waals surface area contributed by atoms with Crippen molar-refractivity contribution in [3.8, 4) is 11.5 Å². The Morgan fingerprint density at radius 1 is 1.21 bits per heavy atom. The topological polar surface area (TPSA) is 38.8 Å². The number of ether oxygens (including phenoxy) is 2. The smallest absolute Gasteiger partial charge is 0.166 e. The SMILES string of the molecule is [2H]c1c(OC([2H])([2H])[2H])c(OC([2H])([2H])[2H])c([2H])c2c1C(=O)C([2H])(C([2H])([2H])C1([2H])C([2H])([2H])C([2H])([2H])N(C([2H])([2H])c3ccccc3)C([2H])([2H])C1([2H])[2H])C2([2H])[2H]. The monoisotopic (exact) mass is 403 g/mol. The van der Waals surface area contributed by atoms with Crippen molar-refractivity contribution in [2.24, 2.45) is 11.8 Å². The first kappa shape index (κ1) is 5.63. The van der Waals surface area contributed by atoms with Crippen molar-refractivity contribution in [2.75, 3.05) is 27.1 Å². The van der Waals surface area contributed by atoms with Gasteiger partial charge in [-0.25, -0.2) is 0 Å². The number of nitrogens with zero attached hydrogens (tertiary/aromatic N) is 1. The summed E-state index contributed by atoms with van der Waals surface area (Å²) < 4.78 is 212. The van der Waals surface area contributed by atoms with Crippen molar-refractivity contribution in [2.45, 2.75) is 32.0 Å². The van der Waals surface area contributed by atoms with Crippen LogP contribution < -0.4 is 9.47 Å². The zero-order chi connectivity index (χ0) is 40.6. The van der Waals surface area contributed by atoms with Gasteiger partial charge in [-0.15, -0.1) is 0 Å². The molecule has 0 amide bonds. The van der Waals surface area contributed by atoms with E-state index in [4.69, 9.17) is 32.9 Å². The van der Waals surface area contributed by atoms with Crippen molar-refractivity contribution >= 4 is 5.78 Å². The molecule has 1 saturated heterocycles. The van der Waals surface area contributed by atoms with Crippen LogP contribution in [0.25, 0.3) is 0 Å². The third-order valence-electron chi connectivity index (χ3n) is 3.69. The molecule has 1 aliphatic heterocycles. The molecule has 4 rings (SSSR count). The highest BCUT2D eigenvalue weighted by molar-refractivity contribution is 6.02. The number of methoxy groups -OCH3 is 2. The van der Waals surface area contributed by atoms with Gasteiger partial charge in [0.1, 0.15) is 0 Å². The average Bonchev–Trinajstić information content (AvgIpc) is 3.13. The lowest BCUT2D eigenvalue weighted by atomic mass is 9.85. The van der Waals surface area contributed by atoms with E-state index in [0.717, 1.165) is 12.1 Å². The van der Waals surface area contributed by atoms with Crippen LogP contribution in [0.15, 0.2) is 42.4 Å². The number of carbonyl (C=O) groups is 1. The fraction of sp³-hybridized carbons (Fsp3) is 0.458. The molecule has 28 heavy (non-hydrogen) atoms. The van der Waals surface area contributed by atoms with Gasteiger partial charge < -0.3 is 9.47 Å². The Morgan fingerprint density at radius 2 is 1.93 bits per heavy atom. The van der Waals surface area contributed by atoms with E-state index in [1.54, 1.807) is 0 Å². The van der Waals surface area contributed by atoms with Crippen LogP contribution in [0, 0.1) is 11.8 Å². The summed E-state index contributed by atoms with van der Waals surface area (Å²) in [5.41, 5.74) is -3.58. The lowest BCUT2D eigenvalue weighted by Crippen LogP contribution is -2.34. The fourth-order valence-corrected chi connectivity index (χ4v) is 2.44. The van der Waals surface area contributed by atoms with E-state index in [1.165, 1.54) is 18.2 Å². The number of Topliss-reactive ketones (excluding diaryl/α,β-unsaturated/α-hetero) is 1. The summed E-state index contributed by atoms with van der Waals surface area (Å²) in [4.78, 5) is 13.7. The Labute approximate surface area is 201 Å². The Kier molecular flexibility index (Phi) is 1.68. The average molecular weight is 404 g/mol. The summed E-state index contributed by atoms with van der Waals surface area (Å²) in [5, 5.41) is 0. The van der Waals surface area contributed by atoms with Gasteiger partial charge in [0.2, 0.25) is 0 Å². The molecule has 2 aliphatic rings. The minimum atomic E-state index is -4.80. The highest BCUT2D eigenvalue weighted by atomic mass is 16.5. The van der Waals surface area contributed by atoms with Crippen LogP contribution in [-0.4, -0.2) is 37.8 Å². The van der Waals surface area contributed by atoms with Gasteiger partial charge in [-0.2, -0.15) is 0 Å². The first-order valence-electron chi connectivity index (χ1n) is 19.9. The molecule has 0 saturated carbocycles. The van der Waals surface area contributed by atoms with E-state index in [-0.39, 0.29) is 0 Å². The molecule has 4 heteroatoms. The van der Waals surface area contributed by atoms with E-state index in [2.05, 4.69) is 9.47 Å². The molecule has 1 unspecified atom stereocenters. The number of benzene rings is 2. The second kappa shape index (κ2) is 8.36. The van der Waals surface area contributed by atoms with E-state index in [1.807, 2.05) is 0 Å². The molecular weight excluding hydrogens is 350 g/mol. The number of hydrogen-bond donors (Lipinski definition) is 0. The molecule has 0 N–H and O–H groups in total. The van der Waals surface area contributed by atoms with E-state index in [9.17, 15) is 4.79 Å². The molecule has 4 nitrogen and oxygen atoms in total. The standard InChI is InChI=1S/C24H29NO3/c1-27-22-14-19-13-20(24(26)21(19)15-23(22)28-2)12-17-8-10-25(11-9-17)16-18-6-4-3-5-7-18/h3-7,14-15,17,20H,8-13,16H2,1-2H3/i1D3,2D3,8D2,9D2,10D2,11D2,12D2,13D2,14D,15D,16D2,17D,20D. The van der Waals surface area contributed by atoms with Crippen LogP contribution >= 0.6 is 0 Å². The minimum absolute atomic E-state index is 0.539. The van der Waals surface area contributed by atoms with Crippen LogP contribution in [0.3, 0.4) is 0 Å². The van der Waals surface area contributed by atoms with Crippen molar-refractivity contribution in [3.63, 3.8) is 0 Å². The van der Waals surface area contributed by atoms with Crippen molar-refractivity contribution < 1.29 is 47.2 Å². The Balaban J connectivity index is 2.09. The number of rotatable bonds is 6. The zero-order valence-corrected chi connectivity index (χ0v) is 14.1. The number of carbonyl (C=O) groups excluding carboxylic acids is 1. The van der Waals surface area contributed by atoms with Crippen LogP contribution in [0.5, 0.6) is 11.5 Å². The first-order valence-corrected chi connectivity index (χ1v) is 7.85. The van der Waals surface area contributed by atoms with Gasteiger partial charge in [0.05, 0.1) is 25.0 Å². The van der Waals surface area contributed by atoms with Crippen LogP contribution in [0.2, 0.25) is 0 Å². The summed E-state index contributed by atoms with van der Waals surface area (Å²) in [6.45, 7) is -12.0. The quantitative estimate of drug-likeness (QED) is 0.718. The van der Waals surface area contributed by atoms with Gasteiger partial charge in [0.25, 0.3) is 0 Å². The molecule has 1 heterocycles. The van der Waals surface area contributed by atoms with E-state index < -0.39 is 122 Å². The highest BCUT2D eigenvalue weighted by Crippen LogP contribution is 2.39. The van der Waals surface area contributed by atoms with E-state index >= 15 is 0 Å². The van der Waals surface area contributed by atoms with Crippen LogP contribution in [0.4, 0.5) is 0 Å². The number of hydrogen-bond acceptors (Lipinski definition) is 4. The fourth-order valence-electron chi connectivity index (χ4n) is 2.44. The molecular formula is C24H29NO3.